The van der Waals surface area contributed by atoms with Crippen LogP contribution in [0.5, 0.6) is 0 Å². The molecule has 5 heteroatoms. The summed E-state index contributed by atoms with van der Waals surface area (Å²) in [4.78, 5) is 15.1. The standard InChI is InChI=1S/C7H9BrN2O2/c1-3-12-7(11)5-6(8)9-4-10(5)2/h4H,3H2,1-2H3. The molecule has 0 aliphatic heterocycles. The number of carbonyl (C=O) groups excluding carboxylic acids is 1. The zero-order valence-corrected chi connectivity index (χ0v) is 8.46. The average molecular weight is 233 g/mol. The van der Waals surface area contributed by atoms with E-state index in [9.17, 15) is 4.79 Å². The van der Waals surface area contributed by atoms with Crippen LogP contribution in [0.4, 0.5) is 0 Å². The van der Waals surface area contributed by atoms with E-state index in [4.69, 9.17) is 4.74 Å². The summed E-state index contributed by atoms with van der Waals surface area (Å²) in [6.45, 7) is 2.14. The van der Waals surface area contributed by atoms with Gasteiger partial charge in [-0.1, -0.05) is 0 Å². The number of esters is 1. The van der Waals surface area contributed by atoms with Gasteiger partial charge in [-0.3, -0.25) is 0 Å². The summed E-state index contributed by atoms with van der Waals surface area (Å²) in [6.07, 6.45) is 1.55. The maximum Gasteiger partial charge on any atom is 0.357 e. The van der Waals surface area contributed by atoms with Crippen LogP contribution in [0, 0.1) is 0 Å². The third-order valence-electron chi connectivity index (χ3n) is 1.36. The van der Waals surface area contributed by atoms with Crippen molar-refractivity contribution in [3.05, 3.63) is 16.6 Å². The lowest BCUT2D eigenvalue weighted by Gasteiger charge is -2.01. The maximum absolute atomic E-state index is 11.2. The van der Waals surface area contributed by atoms with Crippen LogP contribution in [0.2, 0.25) is 0 Å². The zero-order chi connectivity index (χ0) is 9.14. The van der Waals surface area contributed by atoms with Crippen molar-refractivity contribution in [2.45, 2.75) is 6.92 Å². The second-order valence-corrected chi connectivity index (χ2v) is 2.97. The van der Waals surface area contributed by atoms with E-state index in [2.05, 4.69) is 20.9 Å². The summed E-state index contributed by atoms with van der Waals surface area (Å²) >= 11 is 3.15. The van der Waals surface area contributed by atoms with Gasteiger partial charge in [-0.25, -0.2) is 9.78 Å². The molecule has 1 rings (SSSR count). The van der Waals surface area contributed by atoms with Crippen molar-refractivity contribution in [3.63, 3.8) is 0 Å². The molecule has 0 amide bonds. The third-order valence-corrected chi connectivity index (χ3v) is 1.94. The molecule has 12 heavy (non-hydrogen) atoms. The first-order valence-electron chi connectivity index (χ1n) is 3.50. The van der Waals surface area contributed by atoms with E-state index in [1.165, 1.54) is 0 Å². The minimum absolute atomic E-state index is 0.357. The molecule has 0 N–H and O–H groups in total. The molecule has 0 aliphatic rings. The molecular weight excluding hydrogens is 224 g/mol. The van der Waals surface area contributed by atoms with Gasteiger partial charge in [0.2, 0.25) is 0 Å². The van der Waals surface area contributed by atoms with E-state index in [1.54, 1.807) is 24.9 Å². The van der Waals surface area contributed by atoms with Gasteiger partial charge in [0.1, 0.15) is 4.60 Å². The Balaban J connectivity index is 2.93. The van der Waals surface area contributed by atoms with Crippen molar-refractivity contribution in [3.8, 4) is 0 Å². The van der Waals surface area contributed by atoms with Crippen LogP contribution in [0.1, 0.15) is 17.4 Å². The lowest BCUT2D eigenvalue weighted by atomic mass is 10.5. The molecule has 4 nitrogen and oxygen atoms in total. The van der Waals surface area contributed by atoms with Crippen LogP contribution in [-0.4, -0.2) is 22.1 Å². The fourth-order valence-corrected chi connectivity index (χ4v) is 1.36. The van der Waals surface area contributed by atoms with Crippen molar-refractivity contribution in [2.75, 3.05) is 6.61 Å². The average Bonchev–Trinajstić information content (AvgIpc) is 2.32. The minimum atomic E-state index is -0.357. The second-order valence-electron chi connectivity index (χ2n) is 2.22. The van der Waals surface area contributed by atoms with Crippen LogP contribution >= 0.6 is 15.9 Å². The smallest absolute Gasteiger partial charge is 0.357 e. The summed E-state index contributed by atoms with van der Waals surface area (Å²) < 4.78 is 6.95. The largest absolute Gasteiger partial charge is 0.461 e. The van der Waals surface area contributed by atoms with Crippen LogP contribution in [0.25, 0.3) is 0 Å². The number of hydrogen-bond acceptors (Lipinski definition) is 3. The quantitative estimate of drug-likeness (QED) is 0.724. The molecule has 0 saturated heterocycles. The Bertz CT molecular complexity index is 276. The molecule has 0 fully saturated rings. The number of nitrogens with zero attached hydrogens (tertiary/aromatic N) is 2. The van der Waals surface area contributed by atoms with Crippen LogP contribution < -0.4 is 0 Å². The number of aromatic nitrogens is 2. The molecule has 0 spiro atoms. The van der Waals surface area contributed by atoms with Gasteiger partial charge in [0, 0.05) is 7.05 Å². The third kappa shape index (κ3) is 1.66. The Kier molecular flexibility index (Phi) is 2.86. The van der Waals surface area contributed by atoms with Crippen molar-refractivity contribution in [1.29, 1.82) is 0 Å². The highest BCUT2D eigenvalue weighted by Crippen LogP contribution is 2.14. The molecule has 0 saturated carbocycles. The molecule has 0 radical (unpaired) electrons. The molecule has 1 aromatic heterocycles. The lowest BCUT2D eigenvalue weighted by Crippen LogP contribution is -2.09. The number of rotatable bonds is 2. The van der Waals surface area contributed by atoms with Gasteiger partial charge in [0.25, 0.3) is 0 Å². The Morgan fingerprint density at radius 2 is 2.50 bits per heavy atom. The summed E-state index contributed by atoms with van der Waals surface area (Å²) in [5.41, 5.74) is 0.442. The van der Waals surface area contributed by atoms with Gasteiger partial charge >= 0.3 is 5.97 Å². The van der Waals surface area contributed by atoms with Crippen molar-refractivity contribution in [2.24, 2.45) is 7.05 Å². The van der Waals surface area contributed by atoms with E-state index in [1.807, 2.05) is 0 Å². The second kappa shape index (κ2) is 3.71. The fourth-order valence-electron chi connectivity index (χ4n) is 0.829. The van der Waals surface area contributed by atoms with Crippen molar-refractivity contribution < 1.29 is 9.53 Å². The summed E-state index contributed by atoms with van der Waals surface area (Å²) in [5, 5.41) is 0. The number of imidazole rings is 1. The van der Waals surface area contributed by atoms with Crippen LogP contribution in [0.3, 0.4) is 0 Å². The van der Waals surface area contributed by atoms with Gasteiger partial charge in [-0.05, 0) is 22.9 Å². The van der Waals surface area contributed by atoms with E-state index in [-0.39, 0.29) is 5.97 Å². The van der Waals surface area contributed by atoms with E-state index in [0.717, 1.165) is 0 Å². The number of ether oxygens (including phenoxy) is 1. The predicted molar refractivity (Wildman–Crippen MR) is 46.9 cm³/mol. The Morgan fingerprint density at radius 3 is 2.92 bits per heavy atom. The minimum Gasteiger partial charge on any atom is -0.461 e. The lowest BCUT2D eigenvalue weighted by molar-refractivity contribution is 0.0514. The predicted octanol–water partition coefficient (Wildman–Crippen LogP) is 1.36. The van der Waals surface area contributed by atoms with E-state index in [0.29, 0.717) is 16.9 Å². The molecular formula is C7H9BrN2O2. The Labute approximate surface area is 78.7 Å². The molecule has 1 heterocycles. The first kappa shape index (κ1) is 9.25. The van der Waals surface area contributed by atoms with E-state index < -0.39 is 0 Å². The topological polar surface area (TPSA) is 44.1 Å². The summed E-state index contributed by atoms with van der Waals surface area (Å²) in [7, 11) is 1.74. The fraction of sp³-hybridized carbons (Fsp3) is 0.429. The Morgan fingerprint density at radius 1 is 1.83 bits per heavy atom. The molecule has 0 aromatic carbocycles. The molecule has 0 aliphatic carbocycles. The molecule has 1 aromatic rings. The highest BCUT2D eigenvalue weighted by atomic mass is 79.9. The normalized spacial score (nSPS) is 9.92. The van der Waals surface area contributed by atoms with Crippen molar-refractivity contribution >= 4 is 21.9 Å². The number of aryl methyl sites for hydroxylation is 1. The summed E-state index contributed by atoms with van der Waals surface area (Å²) in [5.74, 6) is -0.357. The SMILES string of the molecule is CCOC(=O)c1c(Br)ncn1C. The Hall–Kier alpha value is -0.840. The molecule has 0 unspecified atom stereocenters. The molecule has 0 bridgehead atoms. The zero-order valence-electron chi connectivity index (χ0n) is 6.87. The number of halogens is 1. The highest BCUT2D eigenvalue weighted by molar-refractivity contribution is 9.10. The number of hydrogen-bond donors (Lipinski definition) is 0. The molecule has 66 valence electrons. The first-order chi connectivity index (χ1) is 5.66. The van der Waals surface area contributed by atoms with Gasteiger partial charge in [-0.15, -0.1) is 0 Å². The monoisotopic (exact) mass is 232 g/mol. The van der Waals surface area contributed by atoms with Crippen LogP contribution in [0.15, 0.2) is 10.9 Å². The van der Waals surface area contributed by atoms with Gasteiger partial charge < -0.3 is 9.30 Å². The van der Waals surface area contributed by atoms with Crippen LogP contribution in [-0.2, 0) is 11.8 Å². The highest BCUT2D eigenvalue weighted by Gasteiger charge is 2.15. The first-order valence-corrected chi connectivity index (χ1v) is 4.30. The number of carbonyl (C=O) groups is 1. The molecule has 0 atom stereocenters. The van der Waals surface area contributed by atoms with Gasteiger partial charge in [0.05, 0.1) is 12.9 Å². The summed E-state index contributed by atoms with van der Waals surface area (Å²) in [6, 6.07) is 0. The van der Waals surface area contributed by atoms with E-state index >= 15 is 0 Å². The van der Waals surface area contributed by atoms with Gasteiger partial charge in [-0.2, -0.15) is 0 Å². The van der Waals surface area contributed by atoms with Gasteiger partial charge in [0.15, 0.2) is 5.69 Å². The van der Waals surface area contributed by atoms with Crippen molar-refractivity contribution in [1.82, 2.24) is 9.55 Å². The maximum atomic E-state index is 11.2.